The molecule has 0 unspecified atom stereocenters. The summed E-state index contributed by atoms with van der Waals surface area (Å²) in [7, 11) is 1.52. The molecule has 0 aromatic carbocycles. The van der Waals surface area contributed by atoms with Gasteiger partial charge in [0.25, 0.3) is 5.91 Å². The number of nitrogens with one attached hydrogen (secondary N) is 2. The van der Waals surface area contributed by atoms with Gasteiger partial charge >= 0.3 is 0 Å². The Bertz CT molecular complexity index is 635. The molecule has 1 amide bonds. The molecule has 0 fully saturated rings. The summed E-state index contributed by atoms with van der Waals surface area (Å²) in [5.41, 5.74) is 13.7. The summed E-state index contributed by atoms with van der Waals surface area (Å²) >= 11 is 1.22. The Morgan fingerprint density at radius 3 is 2.90 bits per heavy atom. The number of anilines is 2. The molecule has 0 aliphatic rings. The minimum Gasteiger partial charge on any atom is -0.492 e. The number of nitrogens with two attached hydrogens (primary N) is 2. The van der Waals surface area contributed by atoms with E-state index in [1.165, 1.54) is 24.0 Å². The second-order valence-electron chi connectivity index (χ2n) is 4.62. The fourth-order valence-corrected chi connectivity index (χ4v) is 3.01. The number of aryl methyl sites for hydroxylation is 2. The summed E-state index contributed by atoms with van der Waals surface area (Å²) in [6, 6.07) is 0. The topological polar surface area (TPSA) is 119 Å². The molecule has 2 rings (SSSR count). The zero-order valence-electron chi connectivity index (χ0n) is 12.0. The lowest BCUT2D eigenvalue weighted by Gasteiger charge is -2.06. The molecule has 2 aromatic heterocycles. The minimum atomic E-state index is -0.544. The number of amides is 1. The van der Waals surface area contributed by atoms with Crippen LogP contribution in [0.2, 0.25) is 0 Å². The second-order valence-corrected chi connectivity index (χ2v) is 5.64. The van der Waals surface area contributed by atoms with E-state index in [1.807, 2.05) is 13.1 Å². The van der Waals surface area contributed by atoms with Crippen LogP contribution in [0.3, 0.4) is 0 Å². The number of aromatic nitrogens is 2. The average Bonchev–Trinajstić information content (AvgIpc) is 2.98. The number of rotatable bonds is 7. The van der Waals surface area contributed by atoms with Crippen LogP contribution in [0.15, 0.2) is 6.20 Å². The summed E-state index contributed by atoms with van der Waals surface area (Å²) < 4.78 is 5.23. The van der Waals surface area contributed by atoms with E-state index < -0.39 is 5.91 Å². The molecule has 0 bridgehead atoms. The highest BCUT2D eigenvalue weighted by Crippen LogP contribution is 2.42. The van der Waals surface area contributed by atoms with Crippen LogP contribution in [0.1, 0.15) is 27.3 Å². The predicted octanol–water partition coefficient (Wildman–Crippen LogP) is 1.51. The highest BCUT2D eigenvalue weighted by atomic mass is 32.1. The third-order valence-corrected chi connectivity index (χ3v) is 4.33. The highest BCUT2D eigenvalue weighted by molar-refractivity contribution is 7.19. The Morgan fingerprint density at radius 2 is 2.33 bits per heavy atom. The molecule has 8 heteroatoms. The number of methoxy groups -OCH3 is 1. The molecule has 0 atom stereocenters. The van der Waals surface area contributed by atoms with Gasteiger partial charge in [0.05, 0.1) is 13.3 Å². The Hall–Kier alpha value is -2.22. The summed E-state index contributed by atoms with van der Waals surface area (Å²) in [6.07, 6.45) is 3.68. The fourth-order valence-electron chi connectivity index (χ4n) is 2.04. The number of carbonyl (C=O) groups is 1. The van der Waals surface area contributed by atoms with E-state index in [0.717, 1.165) is 30.1 Å². The smallest absolute Gasteiger partial charge is 0.261 e. The first-order chi connectivity index (χ1) is 10.0. The molecular formula is C13H19N5O2S. The summed E-state index contributed by atoms with van der Waals surface area (Å²) in [4.78, 5) is 11.6. The normalized spacial score (nSPS) is 10.6. The number of nitrogen functional groups attached to an aromatic ring is 1. The van der Waals surface area contributed by atoms with E-state index in [4.69, 9.17) is 16.2 Å². The van der Waals surface area contributed by atoms with E-state index >= 15 is 0 Å². The number of carbonyl (C=O) groups excluding carboxylic acids is 1. The monoisotopic (exact) mass is 309 g/mol. The third kappa shape index (κ3) is 3.27. The lowest BCUT2D eigenvalue weighted by Crippen LogP contribution is -2.10. The van der Waals surface area contributed by atoms with Gasteiger partial charge in [0.15, 0.2) is 5.75 Å². The maximum absolute atomic E-state index is 11.3. The van der Waals surface area contributed by atoms with Crippen LogP contribution >= 0.6 is 11.3 Å². The molecule has 0 aliphatic heterocycles. The van der Waals surface area contributed by atoms with Gasteiger partial charge in [0, 0.05) is 12.2 Å². The Balaban J connectivity index is 1.95. The number of aromatic amines is 1. The van der Waals surface area contributed by atoms with Crippen LogP contribution < -0.4 is 21.5 Å². The van der Waals surface area contributed by atoms with Gasteiger partial charge in [-0.3, -0.25) is 9.89 Å². The van der Waals surface area contributed by atoms with Crippen LogP contribution in [-0.2, 0) is 6.42 Å². The molecular weight excluding hydrogens is 290 g/mol. The van der Waals surface area contributed by atoms with E-state index in [2.05, 4.69) is 15.5 Å². The molecule has 6 N–H and O–H groups in total. The van der Waals surface area contributed by atoms with Crippen molar-refractivity contribution in [2.24, 2.45) is 5.73 Å². The standard InChI is InChI=1S/C13H19N5O2S/c1-7-8(6-17-18-7)4-3-5-16-13-10(20-2)9(14)11(21-13)12(15)19/h6,16H,3-5,14H2,1-2H3,(H2,15,19)(H,17,18). The van der Waals surface area contributed by atoms with E-state index in [0.29, 0.717) is 16.3 Å². The number of H-pyrrole nitrogens is 1. The largest absolute Gasteiger partial charge is 0.492 e. The van der Waals surface area contributed by atoms with Crippen molar-refractivity contribution < 1.29 is 9.53 Å². The summed E-state index contributed by atoms with van der Waals surface area (Å²) in [5, 5.41) is 10.9. The molecule has 114 valence electrons. The molecule has 0 radical (unpaired) electrons. The molecule has 2 aromatic rings. The van der Waals surface area contributed by atoms with Crippen LogP contribution in [-0.4, -0.2) is 29.8 Å². The number of ether oxygens (including phenoxy) is 1. The number of hydrogen-bond acceptors (Lipinski definition) is 6. The first kappa shape index (κ1) is 15.2. The summed E-state index contributed by atoms with van der Waals surface area (Å²) in [6.45, 7) is 2.73. The van der Waals surface area contributed by atoms with Crippen LogP contribution in [0.25, 0.3) is 0 Å². The van der Waals surface area contributed by atoms with Crippen molar-refractivity contribution in [3.05, 3.63) is 22.3 Å². The van der Waals surface area contributed by atoms with Crippen LogP contribution in [0.4, 0.5) is 10.7 Å². The van der Waals surface area contributed by atoms with Crippen molar-refractivity contribution in [3.63, 3.8) is 0 Å². The lowest BCUT2D eigenvalue weighted by molar-refractivity contribution is 0.100. The van der Waals surface area contributed by atoms with Crippen LogP contribution in [0, 0.1) is 6.92 Å². The van der Waals surface area contributed by atoms with Gasteiger partial charge in [-0.2, -0.15) is 5.10 Å². The first-order valence-corrected chi connectivity index (χ1v) is 7.35. The van der Waals surface area contributed by atoms with Crippen LogP contribution in [0.5, 0.6) is 5.75 Å². The van der Waals surface area contributed by atoms with Gasteiger partial charge in [-0.15, -0.1) is 11.3 Å². The fraction of sp³-hybridized carbons (Fsp3) is 0.385. The van der Waals surface area contributed by atoms with Gasteiger partial charge in [0.1, 0.15) is 15.6 Å². The average molecular weight is 309 g/mol. The third-order valence-electron chi connectivity index (χ3n) is 3.17. The number of hydrogen-bond donors (Lipinski definition) is 4. The molecule has 21 heavy (non-hydrogen) atoms. The molecule has 0 spiro atoms. The quantitative estimate of drug-likeness (QED) is 0.578. The van der Waals surface area contributed by atoms with E-state index in [1.54, 1.807) is 0 Å². The van der Waals surface area contributed by atoms with Crippen molar-refractivity contribution in [1.29, 1.82) is 0 Å². The van der Waals surface area contributed by atoms with Gasteiger partial charge in [-0.05, 0) is 25.3 Å². The van der Waals surface area contributed by atoms with Crippen molar-refractivity contribution in [2.75, 3.05) is 24.7 Å². The molecule has 0 saturated heterocycles. The second kappa shape index (κ2) is 6.49. The maximum atomic E-state index is 11.3. The lowest BCUT2D eigenvalue weighted by atomic mass is 10.1. The maximum Gasteiger partial charge on any atom is 0.261 e. The van der Waals surface area contributed by atoms with Gasteiger partial charge < -0.3 is 21.5 Å². The van der Waals surface area contributed by atoms with E-state index in [9.17, 15) is 4.79 Å². The van der Waals surface area contributed by atoms with Crippen molar-refractivity contribution in [3.8, 4) is 5.75 Å². The zero-order chi connectivity index (χ0) is 15.4. The number of primary amides is 1. The van der Waals surface area contributed by atoms with Crippen molar-refractivity contribution in [2.45, 2.75) is 19.8 Å². The number of thiophene rings is 1. The van der Waals surface area contributed by atoms with Gasteiger partial charge in [0.2, 0.25) is 0 Å². The Morgan fingerprint density at radius 1 is 1.57 bits per heavy atom. The first-order valence-electron chi connectivity index (χ1n) is 6.53. The molecule has 0 aliphatic carbocycles. The molecule has 2 heterocycles. The Kier molecular flexibility index (Phi) is 4.69. The predicted molar refractivity (Wildman–Crippen MR) is 83.9 cm³/mol. The van der Waals surface area contributed by atoms with Gasteiger partial charge in [-0.1, -0.05) is 0 Å². The van der Waals surface area contributed by atoms with E-state index in [-0.39, 0.29) is 0 Å². The summed E-state index contributed by atoms with van der Waals surface area (Å²) in [5.74, 6) is -0.0637. The Labute approximate surface area is 126 Å². The van der Waals surface area contributed by atoms with Gasteiger partial charge in [-0.25, -0.2) is 0 Å². The zero-order valence-corrected chi connectivity index (χ0v) is 12.8. The highest BCUT2D eigenvalue weighted by Gasteiger charge is 2.19. The molecule has 0 saturated carbocycles. The number of nitrogens with zero attached hydrogens (tertiary/aromatic N) is 1. The SMILES string of the molecule is COc1c(NCCCc2cn[nH]c2C)sc(C(N)=O)c1N. The van der Waals surface area contributed by atoms with Crippen molar-refractivity contribution >= 4 is 27.9 Å². The molecule has 7 nitrogen and oxygen atoms in total. The minimum absolute atomic E-state index is 0.295. The van der Waals surface area contributed by atoms with Crippen molar-refractivity contribution in [1.82, 2.24) is 10.2 Å².